The van der Waals surface area contributed by atoms with E-state index in [0.717, 1.165) is 44.1 Å². The Hall–Kier alpha value is -0.870. The van der Waals surface area contributed by atoms with E-state index in [4.69, 9.17) is 9.15 Å². The number of hydrogen-bond acceptors (Lipinski definition) is 4. The first-order valence-corrected chi connectivity index (χ1v) is 5.99. The van der Waals surface area contributed by atoms with Gasteiger partial charge >= 0.3 is 0 Å². The van der Waals surface area contributed by atoms with Gasteiger partial charge in [-0.05, 0) is 26.8 Å². The van der Waals surface area contributed by atoms with Gasteiger partial charge in [0.2, 0.25) is 0 Å². The third-order valence-corrected chi connectivity index (χ3v) is 3.15. The Kier molecular flexibility index (Phi) is 3.96. The van der Waals surface area contributed by atoms with Crippen molar-refractivity contribution in [2.45, 2.75) is 38.1 Å². The van der Waals surface area contributed by atoms with Crippen LogP contribution in [0.5, 0.6) is 0 Å². The fraction of sp³-hybridized carbons (Fsp3) is 0.750. The van der Waals surface area contributed by atoms with Crippen molar-refractivity contribution in [3.63, 3.8) is 0 Å². The van der Waals surface area contributed by atoms with Crippen molar-refractivity contribution in [3.05, 3.63) is 17.8 Å². The molecule has 0 radical (unpaired) electrons. The topological polar surface area (TPSA) is 47.3 Å². The molecule has 1 aliphatic heterocycles. The zero-order valence-electron chi connectivity index (χ0n) is 10.0. The molecule has 0 amide bonds. The Balaban J connectivity index is 1.95. The third kappa shape index (κ3) is 2.83. The highest BCUT2D eigenvalue weighted by atomic mass is 16.5. The summed E-state index contributed by atoms with van der Waals surface area (Å²) in [6, 6.07) is 0.438. The highest BCUT2D eigenvalue weighted by molar-refractivity contribution is 5.03. The highest BCUT2D eigenvalue weighted by Crippen LogP contribution is 2.26. The molecule has 1 aliphatic rings. The zero-order valence-corrected chi connectivity index (χ0v) is 10.0. The summed E-state index contributed by atoms with van der Waals surface area (Å²) in [5.74, 6) is 1.34. The van der Waals surface area contributed by atoms with Crippen LogP contribution >= 0.6 is 0 Å². The summed E-state index contributed by atoms with van der Waals surface area (Å²) in [5.41, 5.74) is 1.04. The largest absolute Gasteiger partial charge is 0.448 e. The van der Waals surface area contributed by atoms with Crippen molar-refractivity contribution < 1.29 is 9.15 Å². The fourth-order valence-electron chi connectivity index (χ4n) is 1.96. The number of aromatic nitrogens is 1. The predicted molar refractivity (Wildman–Crippen MR) is 61.5 cm³/mol. The first-order chi connectivity index (χ1) is 7.79. The molecule has 16 heavy (non-hydrogen) atoms. The molecule has 0 spiro atoms. The highest BCUT2D eigenvalue weighted by Gasteiger charge is 2.20. The van der Waals surface area contributed by atoms with Crippen LogP contribution in [0.3, 0.4) is 0 Å². The smallest absolute Gasteiger partial charge is 0.197 e. The molecule has 0 saturated carbocycles. The van der Waals surface area contributed by atoms with Crippen molar-refractivity contribution in [3.8, 4) is 0 Å². The van der Waals surface area contributed by atoms with Gasteiger partial charge in [-0.2, -0.15) is 0 Å². The second-order valence-corrected chi connectivity index (χ2v) is 4.46. The van der Waals surface area contributed by atoms with Crippen LogP contribution in [0.2, 0.25) is 0 Å². The normalized spacial score (nSPS) is 19.9. The summed E-state index contributed by atoms with van der Waals surface area (Å²) < 4.78 is 10.9. The lowest BCUT2D eigenvalue weighted by atomic mass is 10.0. The molecular formula is C12H20N2O2. The van der Waals surface area contributed by atoms with Crippen LogP contribution in [-0.2, 0) is 11.2 Å². The van der Waals surface area contributed by atoms with E-state index in [1.807, 2.05) is 7.05 Å². The minimum Gasteiger partial charge on any atom is -0.448 e. The van der Waals surface area contributed by atoms with Crippen LogP contribution in [0.1, 0.15) is 37.3 Å². The molecule has 1 aromatic rings. The maximum absolute atomic E-state index is 5.56. The lowest BCUT2D eigenvalue weighted by Gasteiger charge is -2.18. The monoisotopic (exact) mass is 224 g/mol. The summed E-state index contributed by atoms with van der Waals surface area (Å²) in [6.45, 7) is 3.80. The standard InChI is InChI=1S/C12H20N2O2/c1-9(13-2)7-11-8-16-12(14-11)10-3-5-15-6-4-10/h8-10,13H,3-7H2,1-2H3. The van der Waals surface area contributed by atoms with Gasteiger partial charge in [0.15, 0.2) is 5.89 Å². The predicted octanol–water partition coefficient (Wildman–Crippen LogP) is 1.72. The molecule has 1 N–H and O–H groups in total. The van der Waals surface area contributed by atoms with Crippen LogP contribution in [0.25, 0.3) is 0 Å². The van der Waals surface area contributed by atoms with E-state index in [-0.39, 0.29) is 0 Å². The van der Waals surface area contributed by atoms with Crippen molar-refractivity contribution in [1.29, 1.82) is 0 Å². The average molecular weight is 224 g/mol. The number of likely N-dealkylation sites (N-methyl/N-ethyl adjacent to an activating group) is 1. The molecule has 1 aromatic heterocycles. The minimum absolute atomic E-state index is 0.438. The number of ether oxygens (including phenoxy) is 1. The van der Waals surface area contributed by atoms with E-state index in [0.29, 0.717) is 12.0 Å². The second-order valence-electron chi connectivity index (χ2n) is 4.46. The second kappa shape index (κ2) is 5.46. The van der Waals surface area contributed by atoms with Crippen molar-refractivity contribution in [2.24, 2.45) is 0 Å². The van der Waals surface area contributed by atoms with E-state index in [9.17, 15) is 0 Å². The molecule has 4 nitrogen and oxygen atoms in total. The first-order valence-electron chi connectivity index (χ1n) is 5.99. The lowest BCUT2D eigenvalue weighted by molar-refractivity contribution is 0.0794. The Morgan fingerprint density at radius 2 is 2.25 bits per heavy atom. The molecule has 2 rings (SSSR count). The van der Waals surface area contributed by atoms with Gasteiger partial charge in [-0.25, -0.2) is 4.98 Å². The van der Waals surface area contributed by atoms with Crippen molar-refractivity contribution in [1.82, 2.24) is 10.3 Å². The van der Waals surface area contributed by atoms with Gasteiger partial charge in [0.25, 0.3) is 0 Å². The van der Waals surface area contributed by atoms with Crippen molar-refractivity contribution in [2.75, 3.05) is 20.3 Å². The van der Waals surface area contributed by atoms with Crippen LogP contribution in [0.4, 0.5) is 0 Å². The average Bonchev–Trinajstić information content (AvgIpc) is 2.78. The molecule has 0 aromatic carbocycles. The quantitative estimate of drug-likeness (QED) is 0.846. The SMILES string of the molecule is CNC(C)Cc1coc(C2CCOCC2)n1. The summed E-state index contributed by atoms with van der Waals surface area (Å²) in [6.07, 6.45) is 4.77. The van der Waals surface area contributed by atoms with Crippen LogP contribution in [-0.4, -0.2) is 31.3 Å². The molecule has 1 fully saturated rings. The molecule has 2 heterocycles. The van der Waals surface area contributed by atoms with E-state index in [1.165, 1.54) is 0 Å². The molecule has 1 unspecified atom stereocenters. The molecule has 0 bridgehead atoms. The number of rotatable bonds is 4. The molecular weight excluding hydrogens is 204 g/mol. The number of oxazole rings is 1. The van der Waals surface area contributed by atoms with Crippen molar-refractivity contribution >= 4 is 0 Å². The first kappa shape index (κ1) is 11.6. The lowest BCUT2D eigenvalue weighted by Crippen LogP contribution is -2.23. The number of nitrogens with one attached hydrogen (secondary N) is 1. The molecule has 0 aliphatic carbocycles. The zero-order chi connectivity index (χ0) is 11.4. The summed E-state index contributed by atoms with van der Waals surface area (Å²) in [7, 11) is 1.96. The van der Waals surface area contributed by atoms with E-state index < -0.39 is 0 Å². The van der Waals surface area contributed by atoms with Crippen LogP contribution in [0.15, 0.2) is 10.7 Å². The maximum Gasteiger partial charge on any atom is 0.197 e. The van der Waals surface area contributed by atoms with E-state index in [2.05, 4.69) is 17.2 Å². The molecule has 1 saturated heterocycles. The Labute approximate surface area is 96.4 Å². The van der Waals surface area contributed by atoms with Gasteiger partial charge in [0.1, 0.15) is 6.26 Å². The number of nitrogens with zero attached hydrogens (tertiary/aromatic N) is 1. The Morgan fingerprint density at radius 3 is 2.94 bits per heavy atom. The summed E-state index contributed by atoms with van der Waals surface area (Å²) in [5, 5.41) is 3.20. The van der Waals surface area contributed by atoms with Gasteiger partial charge < -0.3 is 14.5 Å². The van der Waals surface area contributed by atoms with Crippen LogP contribution < -0.4 is 5.32 Å². The van der Waals surface area contributed by atoms with Crippen LogP contribution in [0, 0.1) is 0 Å². The van der Waals surface area contributed by atoms with E-state index >= 15 is 0 Å². The van der Waals surface area contributed by atoms with E-state index in [1.54, 1.807) is 6.26 Å². The van der Waals surface area contributed by atoms with Gasteiger partial charge in [0.05, 0.1) is 5.69 Å². The van der Waals surface area contributed by atoms with Gasteiger partial charge in [0, 0.05) is 31.6 Å². The maximum atomic E-state index is 5.56. The summed E-state index contributed by atoms with van der Waals surface area (Å²) >= 11 is 0. The molecule has 1 atom stereocenters. The van der Waals surface area contributed by atoms with Gasteiger partial charge in [-0.1, -0.05) is 0 Å². The molecule has 90 valence electrons. The Morgan fingerprint density at radius 1 is 1.50 bits per heavy atom. The van der Waals surface area contributed by atoms with Gasteiger partial charge in [-0.15, -0.1) is 0 Å². The minimum atomic E-state index is 0.438. The third-order valence-electron chi connectivity index (χ3n) is 3.15. The van der Waals surface area contributed by atoms with Gasteiger partial charge in [-0.3, -0.25) is 0 Å². The molecule has 4 heteroatoms. The number of hydrogen-bond donors (Lipinski definition) is 1. The Bertz CT molecular complexity index is 319. The fourth-order valence-corrected chi connectivity index (χ4v) is 1.96. The summed E-state index contributed by atoms with van der Waals surface area (Å²) in [4.78, 5) is 4.56.